The number of H-pyrrole nitrogens is 1. The Kier molecular flexibility index (Phi) is 1.81. The van der Waals surface area contributed by atoms with Crippen LogP contribution in [-0.4, -0.2) is 4.98 Å². The van der Waals surface area contributed by atoms with E-state index in [1.54, 1.807) is 0 Å². The maximum atomic E-state index is 6.06. The Morgan fingerprint density at radius 2 is 2.25 bits per heavy atom. The van der Waals surface area contributed by atoms with Gasteiger partial charge >= 0.3 is 0 Å². The van der Waals surface area contributed by atoms with Gasteiger partial charge in [0.15, 0.2) is 0 Å². The van der Waals surface area contributed by atoms with Crippen molar-refractivity contribution in [1.82, 2.24) is 4.98 Å². The van der Waals surface area contributed by atoms with E-state index in [0.717, 1.165) is 22.3 Å². The molecule has 0 spiro atoms. The van der Waals surface area contributed by atoms with Gasteiger partial charge in [0.05, 0.1) is 5.02 Å². The van der Waals surface area contributed by atoms with E-state index in [-0.39, 0.29) is 0 Å². The van der Waals surface area contributed by atoms with Crippen molar-refractivity contribution in [1.29, 1.82) is 0 Å². The molecule has 0 unspecified atom stereocenters. The highest BCUT2D eigenvalue weighted by atomic mass is 35.5. The Bertz CT molecular complexity index is 403. The highest BCUT2D eigenvalue weighted by Crippen LogP contribution is 2.24. The second-order valence-electron chi connectivity index (χ2n) is 2.87. The molecule has 2 aromatic rings. The molecule has 12 heavy (non-hydrogen) atoms. The lowest BCUT2D eigenvalue weighted by atomic mass is 10.1. The topological polar surface area (TPSA) is 15.8 Å². The van der Waals surface area contributed by atoms with Gasteiger partial charge in [0.2, 0.25) is 0 Å². The number of hydrogen-bond donors (Lipinski definition) is 1. The predicted octanol–water partition coefficient (Wildman–Crippen LogP) is 3.38. The molecule has 2 rings (SSSR count). The lowest BCUT2D eigenvalue weighted by molar-refractivity contribution is 1.14. The molecule has 0 amide bonds. The molecule has 1 aromatic heterocycles. The summed E-state index contributed by atoms with van der Waals surface area (Å²) in [7, 11) is 0. The number of aromatic amines is 1. The van der Waals surface area contributed by atoms with Gasteiger partial charge in [0.1, 0.15) is 0 Å². The lowest BCUT2D eigenvalue weighted by Gasteiger charge is -1.98. The Labute approximate surface area is 76.4 Å². The van der Waals surface area contributed by atoms with E-state index in [1.807, 2.05) is 18.3 Å². The summed E-state index contributed by atoms with van der Waals surface area (Å²) in [5.74, 6) is 0. The standard InChI is InChI=1S/C10H10ClN/c1-2-7-5-9(11)8-3-4-12-10(8)6-7/h3-6,12H,2H2,1H3. The Balaban J connectivity index is 2.75. The van der Waals surface area contributed by atoms with Crippen molar-refractivity contribution in [2.45, 2.75) is 13.3 Å². The van der Waals surface area contributed by atoms with Gasteiger partial charge in [-0.1, -0.05) is 18.5 Å². The van der Waals surface area contributed by atoms with Gasteiger partial charge in [-0.25, -0.2) is 0 Å². The van der Waals surface area contributed by atoms with Crippen LogP contribution < -0.4 is 0 Å². The molecule has 0 fully saturated rings. The van der Waals surface area contributed by atoms with Gasteiger partial charge < -0.3 is 4.98 Å². The molecule has 0 radical (unpaired) electrons. The first-order valence-electron chi connectivity index (χ1n) is 4.07. The fraction of sp³-hybridized carbons (Fsp3) is 0.200. The van der Waals surface area contributed by atoms with Crippen LogP contribution in [0.25, 0.3) is 10.9 Å². The summed E-state index contributed by atoms with van der Waals surface area (Å²) in [6, 6.07) is 6.16. The summed E-state index contributed by atoms with van der Waals surface area (Å²) in [5, 5.41) is 1.94. The molecule has 2 heteroatoms. The molecule has 0 aliphatic heterocycles. The maximum absolute atomic E-state index is 6.06. The van der Waals surface area contributed by atoms with Gasteiger partial charge in [-0.3, -0.25) is 0 Å². The van der Waals surface area contributed by atoms with E-state index in [2.05, 4.69) is 18.0 Å². The van der Waals surface area contributed by atoms with E-state index in [4.69, 9.17) is 11.6 Å². The van der Waals surface area contributed by atoms with Crippen molar-refractivity contribution >= 4 is 22.5 Å². The summed E-state index contributed by atoms with van der Waals surface area (Å²) in [6.07, 6.45) is 2.94. The molecular formula is C10H10ClN. The van der Waals surface area contributed by atoms with Crippen LogP contribution in [0.2, 0.25) is 5.02 Å². The molecule has 1 nitrogen and oxygen atoms in total. The predicted molar refractivity (Wildman–Crippen MR) is 52.7 cm³/mol. The quantitative estimate of drug-likeness (QED) is 0.691. The Morgan fingerprint density at radius 3 is 3.00 bits per heavy atom. The van der Waals surface area contributed by atoms with Crippen LogP contribution in [0.4, 0.5) is 0 Å². The normalized spacial score (nSPS) is 10.8. The van der Waals surface area contributed by atoms with Crippen LogP contribution in [0.3, 0.4) is 0 Å². The first-order chi connectivity index (χ1) is 5.81. The second-order valence-corrected chi connectivity index (χ2v) is 3.28. The van der Waals surface area contributed by atoms with E-state index in [1.165, 1.54) is 5.56 Å². The molecule has 0 aliphatic carbocycles. The number of hydrogen-bond acceptors (Lipinski definition) is 0. The highest BCUT2D eigenvalue weighted by molar-refractivity contribution is 6.35. The zero-order chi connectivity index (χ0) is 8.55. The third kappa shape index (κ3) is 1.10. The smallest absolute Gasteiger partial charge is 0.0502 e. The third-order valence-electron chi connectivity index (χ3n) is 2.09. The molecule has 0 bridgehead atoms. The number of halogens is 1. The van der Waals surface area contributed by atoms with Crippen LogP contribution >= 0.6 is 11.6 Å². The van der Waals surface area contributed by atoms with Crippen molar-refractivity contribution in [3.8, 4) is 0 Å². The van der Waals surface area contributed by atoms with Crippen LogP contribution in [0.5, 0.6) is 0 Å². The van der Waals surface area contributed by atoms with Crippen molar-refractivity contribution in [3.05, 3.63) is 35.0 Å². The zero-order valence-electron chi connectivity index (χ0n) is 6.89. The molecule has 0 saturated heterocycles. The maximum Gasteiger partial charge on any atom is 0.0502 e. The molecule has 0 saturated carbocycles. The number of nitrogens with one attached hydrogen (secondary N) is 1. The average Bonchev–Trinajstić information content (AvgIpc) is 2.52. The largest absolute Gasteiger partial charge is 0.361 e. The monoisotopic (exact) mass is 179 g/mol. The number of aryl methyl sites for hydroxylation is 1. The summed E-state index contributed by atoms with van der Waals surface area (Å²) in [6.45, 7) is 2.13. The third-order valence-corrected chi connectivity index (χ3v) is 2.40. The fourth-order valence-electron chi connectivity index (χ4n) is 1.38. The minimum atomic E-state index is 0.839. The van der Waals surface area contributed by atoms with Gasteiger partial charge in [0, 0.05) is 17.1 Å². The first-order valence-corrected chi connectivity index (χ1v) is 4.44. The van der Waals surface area contributed by atoms with Gasteiger partial charge in [-0.05, 0) is 30.2 Å². The zero-order valence-corrected chi connectivity index (χ0v) is 7.65. The SMILES string of the molecule is CCc1cc(Cl)c2cc[nH]c2c1. The minimum Gasteiger partial charge on any atom is -0.361 e. The molecule has 1 heterocycles. The van der Waals surface area contributed by atoms with Crippen LogP contribution in [0.1, 0.15) is 12.5 Å². The van der Waals surface area contributed by atoms with Crippen LogP contribution in [0, 0.1) is 0 Å². The number of rotatable bonds is 1. The van der Waals surface area contributed by atoms with Gasteiger partial charge in [0.25, 0.3) is 0 Å². The van der Waals surface area contributed by atoms with Gasteiger partial charge in [-0.2, -0.15) is 0 Å². The number of aromatic nitrogens is 1. The summed E-state index contributed by atoms with van der Waals surface area (Å²) < 4.78 is 0. The van der Waals surface area contributed by atoms with E-state index >= 15 is 0 Å². The number of benzene rings is 1. The lowest BCUT2D eigenvalue weighted by Crippen LogP contribution is -1.80. The molecular weight excluding hydrogens is 170 g/mol. The van der Waals surface area contributed by atoms with Crippen molar-refractivity contribution in [2.75, 3.05) is 0 Å². The van der Waals surface area contributed by atoms with Crippen molar-refractivity contribution in [2.24, 2.45) is 0 Å². The molecule has 0 aliphatic rings. The van der Waals surface area contributed by atoms with Crippen molar-refractivity contribution < 1.29 is 0 Å². The molecule has 1 aromatic carbocycles. The summed E-state index contributed by atoms with van der Waals surface area (Å²) in [4.78, 5) is 3.15. The van der Waals surface area contributed by atoms with Crippen LogP contribution in [-0.2, 0) is 6.42 Å². The Hall–Kier alpha value is -0.950. The molecule has 0 atom stereocenters. The summed E-state index contributed by atoms with van der Waals surface area (Å²) >= 11 is 6.06. The summed E-state index contributed by atoms with van der Waals surface area (Å²) in [5.41, 5.74) is 2.40. The van der Waals surface area contributed by atoms with Crippen LogP contribution in [0.15, 0.2) is 24.4 Å². The Morgan fingerprint density at radius 1 is 1.42 bits per heavy atom. The minimum absolute atomic E-state index is 0.839. The first kappa shape index (κ1) is 7.69. The molecule has 62 valence electrons. The fourth-order valence-corrected chi connectivity index (χ4v) is 1.69. The second kappa shape index (κ2) is 2.83. The van der Waals surface area contributed by atoms with E-state index < -0.39 is 0 Å². The van der Waals surface area contributed by atoms with Crippen molar-refractivity contribution in [3.63, 3.8) is 0 Å². The van der Waals surface area contributed by atoms with E-state index in [9.17, 15) is 0 Å². The average molecular weight is 180 g/mol. The molecule has 1 N–H and O–H groups in total. The van der Waals surface area contributed by atoms with E-state index in [0.29, 0.717) is 0 Å². The number of fused-ring (bicyclic) bond motifs is 1. The highest BCUT2D eigenvalue weighted by Gasteiger charge is 2.00. The van der Waals surface area contributed by atoms with Gasteiger partial charge in [-0.15, -0.1) is 0 Å².